The van der Waals surface area contributed by atoms with Crippen molar-refractivity contribution in [2.75, 3.05) is 13.1 Å². The molecule has 8 heteroatoms. The third-order valence-electron chi connectivity index (χ3n) is 5.00. The summed E-state index contributed by atoms with van der Waals surface area (Å²) in [4.78, 5) is 11.8. The number of hydrogen-bond donors (Lipinski definition) is 2. The van der Waals surface area contributed by atoms with E-state index in [-0.39, 0.29) is 24.8 Å². The zero-order valence-corrected chi connectivity index (χ0v) is 18.1. The van der Waals surface area contributed by atoms with Crippen LogP contribution in [0.15, 0.2) is 83.8 Å². The summed E-state index contributed by atoms with van der Waals surface area (Å²) < 4.78 is 52.8. The predicted octanol–water partition coefficient (Wildman–Crippen LogP) is 3.97. The van der Waals surface area contributed by atoms with Gasteiger partial charge in [-0.3, -0.25) is 4.79 Å². The van der Waals surface area contributed by atoms with Gasteiger partial charge in [0.2, 0.25) is 15.9 Å². The van der Waals surface area contributed by atoms with Gasteiger partial charge in [0.05, 0.1) is 4.90 Å². The smallest absolute Gasteiger partial charge is 0.240 e. The topological polar surface area (TPSA) is 75.3 Å². The zero-order valence-electron chi connectivity index (χ0n) is 17.3. The van der Waals surface area contributed by atoms with Crippen LogP contribution in [0, 0.1) is 11.6 Å². The van der Waals surface area contributed by atoms with E-state index in [1.165, 1.54) is 0 Å². The van der Waals surface area contributed by atoms with Crippen LogP contribution >= 0.6 is 0 Å². The summed E-state index contributed by atoms with van der Waals surface area (Å²) >= 11 is 0. The molecule has 32 heavy (non-hydrogen) atoms. The monoisotopic (exact) mass is 458 g/mol. The molecule has 0 heterocycles. The molecule has 0 atom stereocenters. The first kappa shape index (κ1) is 23.6. The van der Waals surface area contributed by atoms with E-state index in [9.17, 15) is 22.0 Å². The van der Waals surface area contributed by atoms with E-state index in [0.29, 0.717) is 19.0 Å². The molecule has 0 aromatic heterocycles. The Morgan fingerprint density at radius 2 is 1.41 bits per heavy atom. The van der Waals surface area contributed by atoms with Crippen molar-refractivity contribution < 1.29 is 22.0 Å². The summed E-state index contributed by atoms with van der Waals surface area (Å²) in [6.45, 7) is 0.261. The number of sulfonamides is 1. The second-order valence-corrected chi connectivity index (χ2v) is 9.00. The fourth-order valence-corrected chi connectivity index (χ4v) is 4.41. The molecule has 5 nitrogen and oxygen atoms in total. The Kier molecular flexibility index (Phi) is 8.08. The number of hydrogen-bond acceptors (Lipinski definition) is 3. The maximum Gasteiger partial charge on any atom is 0.240 e. The molecule has 0 spiro atoms. The lowest BCUT2D eigenvalue weighted by Gasteiger charge is -2.18. The van der Waals surface area contributed by atoms with Crippen LogP contribution in [0.4, 0.5) is 8.78 Å². The van der Waals surface area contributed by atoms with E-state index in [1.54, 1.807) is 0 Å². The van der Waals surface area contributed by atoms with Crippen LogP contribution in [0.25, 0.3) is 0 Å². The van der Waals surface area contributed by atoms with Crippen LogP contribution in [0.2, 0.25) is 0 Å². The van der Waals surface area contributed by atoms with Gasteiger partial charge < -0.3 is 5.32 Å². The first-order chi connectivity index (χ1) is 15.4. The molecule has 0 fully saturated rings. The average Bonchev–Trinajstić information content (AvgIpc) is 2.79. The van der Waals surface area contributed by atoms with Gasteiger partial charge in [-0.25, -0.2) is 21.9 Å². The van der Waals surface area contributed by atoms with Crippen LogP contribution in [-0.2, 0) is 14.8 Å². The third kappa shape index (κ3) is 6.45. The highest BCUT2D eigenvalue weighted by atomic mass is 32.2. The minimum absolute atomic E-state index is 0.0791. The normalized spacial score (nSPS) is 11.5. The minimum atomic E-state index is -4.04. The summed E-state index contributed by atoms with van der Waals surface area (Å²) in [5.41, 5.74) is 2.29. The largest absolute Gasteiger partial charge is 0.356 e. The van der Waals surface area contributed by atoms with E-state index in [1.807, 2.05) is 60.7 Å². The molecule has 168 valence electrons. The Labute approximate surface area is 186 Å². The Balaban J connectivity index is 1.50. The molecule has 0 aliphatic heterocycles. The Hall–Kier alpha value is -3.10. The summed E-state index contributed by atoms with van der Waals surface area (Å²) in [6.07, 6.45) is 0.602. The molecular weight excluding hydrogens is 434 g/mol. The summed E-state index contributed by atoms with van der Waals surface area (Å²) in [7, 11) is -4.04. The maximum atomic E-state index is 13.3. The molecule has 0 unspecified atom stereocenters. The van der Waals surface area contributed by atoms with Crippen molar-refractivity contribution in [2.45, 2.75) is 23.7 Å². The quantitative estimate of drug-likeness (QED) is 0.483. The van der Waals surface area contributed by atoms with E-state index in [4.69, 9.17) is 0 Å². The lowest BCUT2D eigenvalue weighted by molar-refractivity contribution is -0.120. The number of nitrogens with one attached hydrogen (secondary N) is 2. The predicted molar refractivity (Wildman–Crippen MR) is 119 cm³/mol. The van der Waals surface area contributed by atoms with E-state index < -0.39 is 26.6 Å². The average molecular weight is 459 g/mol. The van der Waals surface area contributed by atoms with Gasteiger partial charge in [-0.15, -0.1) is 0 Å². The minimum Gasteiger partial charge on any atom is -0.356 e. The van der Waals surface area contributed by atoms with Crippen LogP contribution in [-0.4, -0.2) is 27.4 Å². The van der Waals surface area contributed by atoms with Crippen molar-refractivity contribution in [1.29, 1.82) is 0 Å². The second kappa shape index (κ2) is 11.0. The number of amides is 1. The van der Waals surface area contributed by atoms with Crippen molar-refractivity contribution in [3.05, 3.63) is 102 Å². The first-order valence-electron chi connectivity index (χ1n) is 10.2. The van der Waals surface area contributed by atoms with Crippen LogP contribution in [0.1, 0.15) is 29.9 Å². The van der Waals surface area contributed by atoms with E-state index in [0.717, 1.165) is 23.3 Å². The Morgan fingerprint density at radius 1 is 0.812 bits per heavy atom. The third-order valence-corrected chi connectivity index (χ3v) is 6.46. The highest BCUT2D eigenvalue weighted by Gasteiger charge is 2.17. The summed E-state index contributed by atoms with van der Waals surface area (Å²) in [6, 6.07) is 22.3. The number of halogens is 2. The molecule has 2 N–H and O–H groups in total. The van der Waals surface area contributed by atoms with Crippen molar-refractivity contribution in [2.24, 2.45) is 0 Å². The lowest BCUT2D eigenvalue weighted by atomic mass is 9.88. The first-order valence-corrected chi connectivity index (χ1v) is 11.7. The molecule has 0 aliphatic rings. The molecule has 1 amide bonds. The van der Waals surface area contributed by atoms with Gasteiger partial charge in [-0.1, -0.05) is 60.7 Å². The zero-order chi connectivity index (χ0) is 23.0. The van der Waals surface area contributed by atoms with Crippen molar-refractivity contribution in [3.63, 3.8) is 0 Å². The molecule has 0 saturated heterocycles. The maximum absolute atomic E-state index is 13.3. The molecule has 0 radical (unpaired) electrons. The molecule has 3 aromatic carbocycles. The highest BCUT2D eigenvalue weighted by molar-refractivity contribution is 7.89. The van der Waals surface area contributed by atoms with E-state index >= 15 is 0 Å². The summed E-state index contributed by atoms with van der Waals surface area (Å²) in [5, 5.41) is 2.81. The van der Waals surface area contributed by atoms with Gasteiger partial charge in [0.25, 0.3) is 0 Å². The standard InChI is InChI=1S/C24H24F2N2O3S/c25-22-12-11-20(17-23(22)26)32(30,31)28-16-14-24(29)27-15-13-21(18-7-3-1-4-8-18)19-9-5-2-6-10-19/h1-12,17,21,28H,13-16H2,(H,27,29). The van der Waals surface area contributed by atoms with Gasteiger partial charge in [0.1, 0.15) is 0 Å². The molecule has 0 bridgehead atoms. The molecular formula is C24H24F2N2O3S. The summed E-state index contributed by atoms with van der Waals surface area (Å²) in [5.74, 6) is -2.58. The second-order valence-electron chi connectivity index (χ2n) is 7.24. The van der Waals surface area contributed by atoms with E-state index in [2.05, 4.69) is 10.0 Å². The molecule has 3 rings (SSSR count). The number of rotatable bonds is 10. The Bertz CT molecular complexity index is 1100. The fraction of sp³-hybridized carbons (Fsp3) is 0.208. The number of carbonyl (C=O) groups is 1. The molecule has 3 aromatic rings. The van der Waals surface area contributed by atoms with Gasteiger partial charge in [-0.2, -0.15) is 0 Å². The van der Waals surface area contributed by atoms with Gasteiger partial charge in [0.15, 0.2) is 11.6 Å². The molecule has 0 saturated carbocycles. The lowest BCUT2D eigenvalue weighted by Crippen LogP contribution is -2.31. The highest BCUT2D eigenvalue weighted by Crippen LogP contribution is 2.27. The van der Waals surface area contributed by atoms with Crippen LogP contribution in [0.5, 0.6) is 0 Å². The van der Waals surface area contributed by atoms with Crippen LogP contribution < -0.4 is 10.0 Å². The van der Waals surface area contributed by atoms with Crippen molar-refractivity contribution in [3.8, 4) is 0 Å². The SMILES string of the molecule is O=C(CCNS(=O)(=O)c1ccc(F)c(F)c1)NCCC(c1ccccc1)c1ccccc1. The van der Waals surface area contributed by atoms with Crippen molar-refractivity contribution >= 4 is 15.9 Å². The molecule has 0 aliphatic carbocycles. The van der Waals surface area contributed by atoms with Crippen molar-refractivity contribution in [1.82, 2.24) is 10.0 Å². The number of carbonyl (C=O) groups excluding carboxylic acids is 1. The number of benzene rings is 3. The van der Waals surface area contributed by atoms with Crippen LogP contribution in [0.3, 0.4) is 0 Å². The van der Waals surface area contributed by atoms with Gasteiger partial charge in [0, 0.05) is 25.4 Å². The van der Waals surface area contributed by atoms with Gasteiger partial charge >= 0.3 is 0 Å². The fourth-order valence-electron chi connectivity index (χ4n) is 3.37. The Morgan fingerprint density at radius 3 is 1.97 bits per heavy atom. The van der Waals surface area contributed by atoms with Gasteiger partial charge in [-0.05, 0) is 35.7 Å².